The van der Waals surface area contributed by atoms with Gasteiger partial charge in [-0.25, -0.2) is 0 Å². The highest BCUT2D eigenvalue weighted by Gasteiger charge is 2.20. The SMILES string of the molecule is C=CCOc1ccc2c(c1)c(CN1CCC(O)CC1)cn2CC1CCCCC1. The maximum absolute atomic E-state index is 9.81. The second-order valence-electron chi connectivity index (χ2n) is 8.60. The van der Waals surface area contributed by atoms with Crippen LogP contribution in [0.15, 0.2) is 37.1 Å². The van der Waals surface area contributed by atoms with Gasteiger partial charge in [-0.1, -0.05) is 31.9 Å². The Kier molecular flexibility index (Phi) is 6.38. The maximum Gasteiger partial charge on any atom is 0.120 e. The molecule has 2 fully saturated rings. The second-order valence-corrected chi connectivity index (χ2v) is 8.60. The largest absolute Gasteiger partial charge is 0.490 e. The number of hydrogen-bond acceptors (Lipinski definition) is 3. The van der Waals surface area contributed by atoms with Crippen LogP contribution in [0.3, 0.4) is 0 Å². The first kappa shape index (κ1) is 19.5. The van der Waals surface area contributed by atoms with Crippen LogP contribution in [0.4, 0.5) is 0 Å². The fourth-order valence-corrected chi connectivity index (χ4v) is 4.84. The minimum Gasteiger partial charge on any atom is -0.490 e. The van der Waals surface area contributed by atoms with E-state index >= 15 is 0 Å². The number of aliphatic hydroxyl groups excluding tert-OH is 1. The van der Waals surface area contributed by atoms with Crippen LogP contribution in [-0.2, 0) is 13.1 Å². The molecule has 0 unspecified atom stereocenters. The number of fused-ring (bicyclic) bond motifs is 1. The molecule has 28 heavy (non-hydrogen) atoms. The molecule has 2 aliphatic rings. The van der Waals surface area contributed by atoms with Gasteiger partial charge >= 0.3 is 0 Å². The fraction of sp³-hybridized carbons (Fsp3) is 0.583. The molecule has 0 amide bonds. The van der Waals surface area contributed by atoms with Gasteiger partial charge in [0.15, 0.2) is 0 Å². The zero-order chi connectivity index (χ0) is 19.3. The molecule has 4 rings (SSSR count). The van der Waals surface area contributed by atoms with E-state index in [0.717, 1.165) is 50.7 Å². The minimum atomic E-state index is -0.122. The van der Waals surface area contributed by atoms with Gasteiger partial charge in [-0.15, -0.1) is 0 Å². The van der Waals surface area contributed by atoms with Crippen molar-refractivity contribution in [1.29, 1.82) is 0 Å². The highest BCUT2D eigenvalue weighted by atomic mass is 16.5. The zero-order valence-corrected chi connectivity index (χ0v) is 17.0. The average Bonchev–Trinajstić information content (AvgIpc) is 3.05. The lowest BCUT2D eigenvalue weighted by Crippen LogP contribution is -2.35. The van der Waals surface area contributed by atoms with Gasteiger partial charge in [-0.2, -0.15) is 0 Å². The molecule has 2 heterocycles. The normalized spacial score (nSPS) is 19.9. The lowest BCUT2D eigenvalue weighted by molar-refractivity contribution is 0.0794. The van der Waals surface area contributed by atoms with E-state index < -0.39 is 0 Å². The van der Waals surface area contributed by atoms with E-state index in [1.807, 2.05) is 0 Å². The van der Waals surface area contributed by atoms with E-state index in [9.17, 15) is 5.11 Å². The Balaban J connectivity index is 1.59. The van der Waals surface area contributed by atoms with Crippen molar-refractivity contribution in [2.45, 2.75) is 64.1 Å². The van der Waals surface area contributed by atoms with Gasteiger partial charge in [-0.05, 0) is 55.4 Å². The topological polar surface area (TPSA) is 37.6 Å². The first-order valence-electron chi connectivity index (χ1n) is 11.0. The third-order valence-electron chi connectivity index (χ3n) is 6.43. The van der Waals surface area contributed by atoms with Crippen LogP contribution in [0.25, 0.3) is 10.9 Å². The number of hydrogen-bond donors (Lipinski definition) is 1. The second kappa shape index (κ2) is 9.15. The van der Waals surface area contributed by atoms with Crippen LogP contribution >= 0.6 is 0 Å². The van der Waals surface area contributed by atoms with Crippen LogP contribution < -0.4 is 4.74 Å². The maximum atomic E-state index is 9.81. The van der Waals surface area contributed by atoms with Crippen LogP contribution in [-0.4, -0.2) is 40.4 Å². The standard InChI is InChI=1S/C24H34N2O2/c1-2-14-28-22-8-9-24-23(15-22)20(17-25-12-10-21(27)11-13-25)18-26(24)16-19-6-4-3-5-7-19/h2,8-9,15,18-19,21,27H,1,3-7,10-14,16-17H2. The Morgan fingerprint density at radius 2 is 1.89 bits per heavy atom. The summed E-state index contributed by atoms with van der Waals surface area (Å²) in [6.45, 7) is 8.32. The van der Waals surface area contributed by atoms with Gasteiger partial charge in [0.1, 0.15) is 12.4 Å². The molecule has 0 atom stereocenters. The molecule has 0 spiro atoms. The Hall–Kier alpha value is -1.78. The van der Waals surface area contributed by atoms with Crippen molar-refractivity contribution >= 4 is 10.9 Å². The van der Waals surface area contributed by atoms with Crippen molar-refractivity contribution in [1.82, 2.24) is 9.47 Å². The Labute approximate surface area is 168 Å². The van der Waals surface area contributed by atoms with Crippen molar-refractivity contribution in [3.63, 3.8) is 0 Å². The first-order valence-corrected chi connectivity index (χ1v) is 11.0. The third-order valence-corrected chi connectivity index (χ3v) is 6.43. The fourth-order valence-electron chi connectivity index (χ4n) is 4.84. The van der Waals surface area contributed by atoms with Gasteiger partial charge in [0, 0.05) is 43.3 Å². The first-order chi connectivity index (χ1) is 13.7. The van der Waals surface area contributed by atoms with Crippen molar-refractivity contribution in [2.75, 3.05) is 19.7 Å². The third kappa shape index (κ3) is 4.61. The number of rotatable bonds is 7. The monoisotopic (exact) mass is 382 g/mol. The number of ether oxygens (including phenoxy) is 1. The molecule has 1 aliphatic heterocycles. The van der Waals surface area contributed by atoms with Gasteiger partial charge in [-0.3, -0.25) is 4.90 Å². The summed E-state index contributed by atoms with van der Waals surface area (Å²) in [7, 11) is 0. The van der Waals surface area contributed by atoms with Crippen molar-refractivity contribution < 1.29 is 9.84 Å². The van der Waals surface area contributed by atoms with E-state index in [4.69, 9.17) is 4.74 Å². The van der Waals surface area contributed by atoms with Crippen molar-refractivity contribution in [3.05, 3.63) is 42.6 Å². The van der Waals surface area contributed by atoms with Crippen molar-refractivity contribution in [3.8, 4) is 5.75 Å². The molecule has 1 aromatic carbocycles. The lowest BCUT2D eigenvalue weighted by atomic mass is 9.89. The predicted octanol–water partition coefficient (Wildman–Crippen LogP) is 4.74. The van der Waals surface area contributed by atoms with Crippen molar-refractivity contribution in [2.24, 2.45) is 5.92 Å². The van der Waals surface area contributed by atoms with Gasteiger partial charge in [0.25, 0.3) is 0 Å². The summed E-state index contributed by atoms with van der Waals surface area (Å²) in [4.78, 5) is 2.48. The van der Waals surface area contributed by atoms with Gasteiger partial charge in [0.2, 0.25) is 0 Å². The number of aliphatic hydroxyl groups is 1. The summed E-state index contributed by atoms with van der Waals surface area (Å²) in [5.74, 6) is 1.72. The Morgan fingerprint density at radius 3 is 2.64 bits per heavy atom. The minimum absolute atomic E-state index is 0.122. The van der Waals surface area contributed by atoms with E-state index in [1.165, 1.54) is 48.6 Å². The summed E-state index contributed by atoms with van der Waals surface area (Å²) in [5, 5.41) is 11.1. The number of benzene rings is 1. The van der Waals surface area contributed by atoms with Gasteiger partial charge < -0.3 is 14.4 Å². The molecular formula is C24H34N2O2. The molecule has 4 heteroatoms. The molecule has 1 saturated heterocycles. The summed E-state index contributed by atoms with van der Waals surface area (Å²) in [6.07, 6.45) is 12.7. The molecule has 1 aliphatic carbocycles. The molecule has 2 aromatic rings. The molecule has 1 N–H and O–H groups in total. The summed E-state index contributed by atoms with van der Waals surface area (Å²) in [5.41, 5.74) is 2.70. The van der Waals surface area contributed by atoms with E-state index in [2.05, 4.69) is 40.4 Å². The van der Waals surface area contributed by atoms with Gasteiger partial charge in [0.05, 0.1) is 6.10 Å². The van der Waals surface area contributed by atoms with Crippen LogP contribution in [0.1, 0.15) is 50.5 Å². The highest BCUT2D eigenvalue weighted by Crippen LogP contribution is 2.31. The summed E-state index contributed by atoms with van der Waals surface area (Å²) in [6, 6.07) is 6.51. The summed E-state index contributed by atoms with van der Waals surface area (Å²) < 4.78 is 8.29. The number of aromatic nitrogens is 1. The molecule has 1 saturated carbocycles. The van der Waals surface area contributed by atoms with E-state index in [-0.39, 0.29) is 6.10 Å². The van der Waals surface area contributed by atoms with Crippen LogP contribution in [0.2, 0.25) is 0 Å². The predicted molar refractivity (Wildman–Crippen MR) is 115 cm³/mol. The molecule has 0 bridgehead atoms. The van der Waals surface area contributed by atoms with E-state index in [1.54, 1.807) is 6.08 Å². The van der Waals surface area contributed by atoms with E-state index in [0.29, 0.717) is 6.61 Å². The number of nitrogens with zero attached hydrogens (tertiary/aromatic N) is 2. The molecule has 4 nitrogen and oxygen atoms in total. The zero-order valence-electron chi connectivity index (χ0n) is 17.0. The molecule has 152 valence electrons. The molecule has 1 aromatic heterocycles. The Bertz CT molecular complexity index is 783. The molecular weight excluding hydrogens is 348 g/mol. The Morgan fingerprint density at radius 1 is 1.11 bits per heavy atom. The average molecular weight is 383 g/mol. The van der Waals surface area contributed by atoms with Crippen LogP contribution in [0.5, 0.6) is 5.75 Å². The lowest BCUT2D eigenvalue weighted by Gasteiger charge is -2.29. The number of piperidine rings is 1. The number of likely N-dealkylation sites (tertiary alicyclic amines) is 1. The smallest absolute Gasteiger partial charge is 0.120 e. The molecule has 0 radical (unpaired) electrons. The highest BCUT2D eigenvalue weighted by molar-refractivity contribution is 5.85. The quantitative estimate of drug-likeness (QED) is 0.703. The van der Waals surface area contributed by atoms with Crippen LogP contribution in [0, 0.1) is 5.92 Å². The summed E-state index contributed by atoms with van der Waals surface area (Å²) >= 11 is 0.